The van der Waals surface area contributed by atoms with Gasteiger partial charge in [0.05, 0.1) is 24.3 Å². The first-order valence-electron chi connectivity index (χ1n) is 15.1. The van der Waals surface area contributed by atoms with Crippen LogP contribution in [0.15, 0.2) is 109 Å². The normalized spacial score (nSPS) is 13.2. The second-order valence-electron chi connectivity index (χ2n) is 10.8. The summed E-state index contributed by atoms with van der Waals surface area (Å²) < 4.78 is 5.93. The third-order valence-corrected chi connectivity index (χ3v) is 7.57. The quantitative estimate of drug-likeness (QED) is 0.127. The van der Waals surface area contributed by atoms with Gasteiger partial charge in [-0.3, -0.25) is 0 Å². The number of nitrogens with zero attached hydrogens (tertiary/aromatic N) is 1. The van der Waals surface area contributed by atoms with Crippen LogP contribution in [0.5, 0.6) is 5.75 Å². The highest BCUT2D eigenvalue weighted by Crippen LogP contribution is 2.18. The van der Waals surface area contributed by atoms with Gasteiger partial charge in [0.15, 0.2) is 0 Å². The molecular formula is C37H43N3O2. The molecule has 0 saturated carbocycles. The molecule has 4 aromatic carbocycles. The van der Waals surface area contributed by atoms with E-state index in [9.17, 15) is 10.4 Å². The smallest absolute Gasteiger partial charge is 0.119 e. The van der Waals surface area contributed by atoms with E-state index >= 15 is 0 Å². The first-order chi connectivity index (χ1) is 20.6. The monoisotopic (exact) mass is 561 g/mol. The van der Waals surface area contributed by atoms with Crippen LogP contribution in [-0.2, 0) is 25.9 Å². The Kier molecular flexibility index (Phi) is 12.6. The molecule has 4 rings (SSSR count). The van der Waals surface area contributed by atoms with Gasteiger partial charge in [-0.2, -0.15) is 5.26 Å². The molecule has 0 aliphatic heterocycles. The zero-order valence-corrected chi connectivity index (χ0v) is 24.6. The Hall–Kier alpha value is -3.95. The highest BCUT2D eigenvalue weighted by atomic mass is 16.5. The molecule has 0 amide bonds. The van der Waals surface area contributed by atoms with Gasteiger partial charge in [0, 0.05) is 25.2 Å². The number of aliphatic hydroxyl groups is 1. The number of hydrogen-bond acceptors (Lipinski definition) is 5. The van der Waals surface area contributed by atoms with E-state index in [0.29, 0.717) is 25.1 Å². The molecule has 5 heteroatoms. The van der Waals surface area contributed by atoms with Crippen LogP contribution in [0.3, 0.4) is 0 Å². The van der Waals surface area contributed by atoms with Crippen molar-refractivity contribution in [1.29, 1.82) is 5.26 Å². The highest BCUT2D eigenvalue weighted by molar-refractivity contribution is 5.33. The fraction of sp³-hybridized carbons (Fsp3) is 0.324. The second-order valence-corrected chi connectivity index (χ2v) is 10.8. The number of aryl methyl sites for hydroxylation is 1. The maximum atomic E-state index is 12.0. The van der Waals surface area contributed by atoms with E-state index in [0.717, 1.165) is 49.2 Å². The Morgan fingerprint density at radius 3 is 2.05 bits per heavy atom. The minimum atomic E-state index is -0.656. The summed E-state index contributed by atoms with van der Waals surface area (Å²) in [6, 6.07) is 38.5. The van der Waals surface area contributed by atoms with Crippen LogP contribution in [0, 0.1) is 11.3 Å². The van der Waals surface area contributed by atoms with Gasteiger partial charge in [-0.15, -0.1) is 0 Å². The number of rotatable bonds is 17. The summed E-state index contributed by atoms with van der Waals surface area (Å²) in [4.78, 5) is 0. The van der Waals surface area contributed by atoms with Crippen molar-refractivity contribution in [2.45, 2.75) is 70.3 Å². The molecule has 0 fully saturated rings. The first kappa shape index (κ1) is 31.0. The van der Waals surface area contributed by atoms with E-state index in [4.69, 9.17) is 4.74 Å². The maximum absolute atomic E-state index is 12.0. The molecule has 0 bridgehead atoms. The summed E-state index contributed by atoms with van der Waals surface area (Å²) in [6.45, 7) is 4.07. The van der Waals surface area contributed by atoms with Gasteiger partial charge in [-0.05, 0) is 72.2 Å². The fourth-order valence-corrected chi connectivity index (χ4v) is 5.15. The molecule has 42 heavy (non-hydrogen) atoms. The van der Waals surface area contributed by atoms with Gasteiger partial charge in [0.25, 0.3) is 0 Å². The number of hydrogen-bond donors (Lipinski definition) is 3. The summed E-state index contributed by atoms with van der Waals surface area (Å²) in [5, 5.41) is 28.6. The van der Waals surface area contributed by atoms with Gasteiger partial charge in [0.1, 0.15) is 5.75 Å². The lowest BCUT2D eigenvalue weighted by Gasteiger charge is -2.32. The molecule has 4 aromatic rings. The van der Waals surface area contributed by atoms with E-state index in [1.54, 1.807) is 0 Å². The van der Waals surface area contributed by atoms with E-state index in [2.05, 4.69) is 72.2 Å². The van der Waals surface area contributed by atoms with Crippen LogP contribution in [0.2, 0.25) is 0 Å². The van der Waals surface area contributed by atoms with Crippen molar-refractivity contribution in [3.8, 4) is 11.8 Å². The summed E-state index contributed by atoms with van der Waals surface area (Å²) in [5.41, 5.74) is 5.21. The molecule has 0 aliphatic carbocycles. The van der Waals surface area contributed by atoms with Crippen LogP contribution in [0.4, 0.5) is 0 Å². The molecule has 218 valence electrons. The number of nitriles is 1. The zero-order valence-electron chi connectivity index (χ0n) is 24.6. The van der Waals surface area contributed by atoms with Gasteiger partial charge < -0.3 is 20.5 Å². The molecule has 0 aliphatic rings. The standard InChI is InChI=1S/C37H43N3O2/c1-2-3-22-42-34-19-11-18-33(24-34)28-40-36(25-30-14-8-5-9-15-30)37(41)35(21-20-29-12-6-4-7-13-29)39-27-32-17-10-16-31(23-32)26-38/h4-19,23-24,35-37,39-41H,2-3,20-22,25,27-28H2,1H3/t35-,36-,37-/m1/s1. The van der Waals surface area contributed by atoms with Crippen molar-refractivity contribution in [3.63, 3.8) is 0 Å². The van der Waals surface area contributed by atoms with Gasteiger partial charge in [-0.1, -0.05) is 98.3 Å². The minimum Gasteiger partial charge on any atom is -0.494 e. The third-order valence-electron chi connectivity index (χ3n) is 7.57. The van der Waals surface area contributed by atoms with Crippen LogP contribution in [0.1, 0.15) is 54.0 Å². The SMILES string of the molecule is CCCCOc1cccc(CN[C@H](Cc2ccccc2)[C@H](O)[C@@H](CCc2ccccc2)NCc2cccc(C#N)c2)c1. The van der Waals surface area contributed by atoms with Crippen LogP contribution >= 0.6 is 0 Å². The lowest BCUT2D eigenvalue weighted by atomic mass is 9.92. The maximum Gasteiger partial charge on any atom is 0.119 e. The van der Waals surface area contributed by atoms with Crippen molar-refractivity contribution in [2.75, 3.05) is 6.61 Å². The molecule has 0 aromatic heterocycles. The average Bonchev–Trinajstić information content (AvgIpc) is 3.04. The lowest BCUT2D eigenvalue weighted by molar-refractivity contribution is 0.0810. The third kappa shape index (κ3) is 10.2. The van der Waals surface area contributed by atoms with Crippen molar-refractivity contribution in [2.24, 2.45) is 0 Å². The summed E-state index contributed by atoms with van der Waals surface area (Å²) in [5.74, 6) is 0.880. The summed E-state index contributed by atoms with van der Waals surface area (Å²) in [7, 11) is 0. The molecule has 3 N–H and O–H groups in total. The Bertz CT molecular complexity index is 1370. The second kappa shape index (κ2) is 17.1. The minimum absolute atomic E-state index is 0.166. The van der Waals surface area contributed by atoms with Crippen LogP contribution < -0.4 is 15.4 Å². The van der Waals surface area contributed by atoms with Gasteiger partial charge in [0.2, 0.25) is 0 Å². The molecule has 0 unspecified atom stereocenters. The molecule has 0 spiro atoms. The predicted molar refractivity (Wildman–Crippen MR) is 170 cm³/mol. The highest BCUT2D eigenvalue weighted by Gasteiger charge is 2.27. The van der Waals surface area contributed by atoms with E-state index in [1.165, 1.54) is 11.1 Å². The van der Waals surface area contributed by atoms with Gasteiger partial charge in [-0.25, -0.2) is 0 Å². The topological polar surface area (TPSA) is 77.3 Å². The Balaban J connectivity index is 1.51. The number of unbranched alkanes of at least 4 members (excludes halogenated alkanes) is 1. The first-order valence-corrected chi connectivity index (χ1v) is 15.1. The van der Waals surface area contributed by atoms with Crippen LogP contribution in [0.25, 0.3) is 0 Å². The van der Waals surface area contributed by atoms with Crippen molar-refractivity contribution >= 4 is 0 Å². The van der Waals surface area contributed by atoms with E-state index in [-0.39, 0.29) is 12.1 Å². The summed E-state index contributed by atoms with van der Waals surface area (Å²) in [6.07, 6.45) is 3.80. The van der Waals surface area contributed by atoms with Crippen LogP contribution in [-0.4, -0.2) is 29.9 Å². The van der Waals surface area contributed by atoms with Gasteiger partial charge >= 0.3 is 0 Å². The molecule has 3 atom stereocenters. The fourth-order valence-electron chi connectivity index (χ4n) is 5.15. The van der Waals surface area contributed by atoms with E-state index < -0.39 is 6.10 Å². The molecule has 0 radical (unpaired) electrons. The Labute approximate surface area is 251 Å². The van der Waals surface area contributed by atoms with Crippen molar-refractivity contribution in [3.05, 3.63) is 137 Å². The Morgan fingerprint density at radius 1 is 0.738 bits per heavy atom. The zero-order chi connectivity index (χ0) is 29.4. The van der Waals surface area contributed by atoms with Crippen molar-refractivity contribution < 1.29 is 9.84 Å². The lowest BCUT2D eigenvalue weighted by Crippen LogP contribution is -2.52. The molecule has 5 nitrogen and oxygen atoms in total. The molecule has 0 heterocycles. The van der Waals surface area contributed by atoms with E-state index in [1.807, 2.05) is 60.7 Å². The summed E-state index contributed by atoms with van der Waals surface area (Å²) >= 11 is 0. The number of nitrogens with one attached hydrogen (secondary N) is 2. The number of benzene rings is 4. The number of aliphatic hydroxyl groups excluding tert-OH is 1. The number of ether oxygens (including phenoxy) is 1. The van der Waals surface area contributed by atoms with Crippen molar-refractivity contribution in [1.82, 2.24) is 10.6 Å². The molecular weight excluding hydrogens is 518 g/mol. The molecule has 0 saturated heterocycles. The predicted octanol–water partition coefficient (Wildman–Crippen LogP) is 6.59. The Morgan fingerprint density at radius 2 is 1.36 bits per heavy atom. The largest absolute Gasteiger partial charge is 0.494 e. The average molecular weight is 562 g/mol.